The molecule has 0 saturated carbocycles. The van der Waals surface area contributed by atoms with Crippen LogP contribution in [0.3, 0.4) is 0 Å². The molecule has 0 radical (unpaired) electrons. The van der Waals surface area contributed by atoms with Crippen molar-refractivity contribution < 1.29 is 19.1 Å². The number of nitrogens with one attached hydrogen (secondary N) is 1. The van der Waals surface area contributed by atoms with Gasteiger partial charge in [-0.05, 0) is 40.5 Å². The third-order valence-corrected chi connectivity index (χ3v) is 3.65. The molecule has 1 aromatic heterocycles. The molecule has 1 aliphatic heterocycles. The number of rotatable bonds is 4. The van der Waals surface area contributed by atoms with E-state index in [1.807, 2.05) is 25.7 Å². The van der Waals surface area contributed by atoms with Gasteiger partial charge in [-0.2, -0.15) is 0 Å². The zero-order valence-corrected chi connectivity index (χ0v) is 15.2. The van der Waals surface area contributed by atoms with E-state index in [-0.39, 0.29) is 12.1 Å². The lowest BCUT2D eigenvalue weighted by atomic mass is 10.1. The minimum absolute atomic E-state index is 0.0740. The molecule has 8 nitrogen and oxygen atoms in total. The Morgan fingerprint density at radius 1 is 1.24 bits per heavy atom. The lowest BCUT2D eigenvalue weighted by molar-refractivity contribution is 0.0494. The smallest absolute Gasteiger partial charge is 0.407 e. The van der Waals surface area contributed by atoms with Crippen molar-refractivity contribution in [2.45, 2.75) is 52.2 Å². The van der Waals surface area contributed by atoms with Crippen molar-refractivity contribution in [2.24, 2.45) is 0 Å². The van der Waals surface area contributed by atoms with E-state index in [0.29, 0.717) is 18.1 Å². The molecule has 0 unspecified atom stereocenters. The Bertz CT molecular complexity index is 590. The maximum absolute atomic E-state index is 11.8. The highest BCUT2D eigenvalue weighted by Gasteiger charge is 2.24. The number of anilines is 1. The van der Waals surface area contributed by atoms with Gasteiger partial charge in [-0.1, -0.05) is 0 Å². The van der Waals surface area contributed by atoms with E-state index in [0.717, 1.165) is 25.9 Å². The van der Waals surface area contributed by atoms with Gasteiger partial charge in [-0.15, -0.1) is 0 Å². The van der Waals surface area contributed by atoms with Gasteiger partial charge in [0, 0.05) is 31.5 Å². The molecule has 1 saturated heterocycles. The highest BCUT2D eigenvalue weighted by Crippen LogP contribution is 2.17. The largest absolute Gasteiger partial charge is 0.462 e. The van der Waals surface area contributed by atoms with Gasteiger partial charge >= 0.3 is 12.1 Å². The van der Waals surface area contributed by atoms with Crippen molar-refractivity contribution in [3.8, 4) is 0 Å². The van der Waals surface area contributed by atoms with Gasteiger partial charge in [0.1, 0.15) is 5.60 Å². The highest BCUT2D eigenvalue weighted by atomic mass is 16.6. The first-order valence-corrected chi connectivity index (χ1v) is 8.52. The van der Waals surface area contributed by atoms with Gasteiger partial charge in [-0.3, -0.25) is 0 Å². The summed E-state index contributed by atoms with van der Waals surface area (Å²) in [6.45, 7) is 9.03. The van der Waals surface area contributed by atoms with Crippen LogP contribution < -0.4 is 10.2 Å². The molecule has 0 bridgehead atoms. The van der Waals surface area contributed by atoms with Crippen molar-refractivity contribution in [3.63, 3.8) is 0 Å². The quantitative estimate of drug-likeness (QED) is 0.832. The molecule has 8 heteroatoms. The van der Waals surface area contributed by atoms with E-state index in [9.17, 15) is 9.59 Å². The van der Waals surface area contributed by atoms with Gasteiger partial charge in [0.15, 0.2) is 0 Å². The second-order valence-electron chi connectivity index (χ2n) is 6.90. The lowest BCUT2D eigenvalue weighted by Crippen LogP contribution is -2.46. The molecule has 1 aromatic rings. The summed E-state index contributed by atoms with van der Waals surface area (Å²) in [5.41, 5.74) is -0.161. The molecule has 1 N–H and O–H groups in total. The summed E-state index contributed by atoms with van der Waals surface area (Å²) in [4.78, 5) is 33.9. The zero-order chi connectivity index (χ0) is 18.4. The standard InChI is InChI=1S/C17H26N4O4/c1-5-24-14(22)12-10-18-15(19-11-12)21-8-6-13(7-9-21)20-16(23)25-17(2,3)4/h10-11,13H,5-9H2,1-4H3,(H,20,23). The molecule has 0 aliphatic carbocycles. The van der Waals surface area contributed by atoms with Crippen LogP contribution in [0.4, 0.5) is 10.7 Å². The lowest BCUT2D eigenvalue weighted by Gasteiger charge is -2.32. The molecule has 1 aliphatic rings. The Labute approximate surface area is 147 Å². The van der Waals surface area contributed by atoms with E-state index in [1.165, 1.54) is 12.4 Å². The number of piperidine rings is 1. The zero-order valence-electron chi connectivity index (χ0n) is 15.2. The molecule has 138 valence electrons. The summed E-state index contributed by atoms with van der Waals surface area (Å²) in [7, 11) is 0. The second kappa shape index (κ2) is 8.13. The molecule has 0 aromatic carbocycles. The molecule has 0 atom stereocenters. The van der Waals surface area contributed by atoms with E-state index in [1.54, 1.807) is 6.92 Å². The summed E-state index contributed by atoms with van der Waals surface area (Å²) in [5, 5.41) is 2.90. The Balaban J connectivity index is 1.83. The van der Waals surface area contributed by atoms with Crippen molar-refractivity contribution in [3.05, 3.63) is 18.0 Å². The normalized spacial score (nSPS) is 15.6. The first-order valence-electron chi connectivity index (χ1n) is 8.52. The van der Waals surface area contributed by atoms with Gasteiger partial charge in [0.2, 0.25) is 5.95 Å². The maximum atomic E-state index is 11.8. The number of ether oxygens (including phenoxy) is 2. The van der Waals surface area contributed by atoms with Crippen LogP contribution in [0, 0.1) is 0 Å². The van der Waals surface area contributed by atoms with E-state index in [4.69, 9.17) is 9.47 Å². The second-order valence-corrected chi connectivity index (χ2v) is 6.90. The van der Waals surface area contributed by atoms with Crippen LogP contribution in [-0.4, -0.2) is 53.4 Å². The summed E-state index contributed by atoms with van der Waals surface area (Å²) < 4.78 is 10.2. The molecular weight excluding hydrogens is 324 g/mol. The van der Waals surface area contributed by atoms with Crippen molar-refractivity contribution in [1.29, 1.82) is 0 Å². The highest BCUT2D eigenvalue weighted by molar-refractivity contribution is 5.88. The third kappa shape index (κ3) is 5.88. The van der Waals surface area contributed by atoms with Crippen LogP contribution in [0.2, 0.25) is 0 Å². The number of amides is 1. The fraction of sp³-hybridized carbons (Fsp3) is 0.647. The summed E-state index contributed by atoms with van der Waals surface area (Å²) >= 11 is 0. The summed E-state index contributed by atoms with van der Waals surface area (Å²) in [6, 6.07) is 0.0740. The summed E-state index contributed by atoms with van der Waals surface area (Å²) in [6.07, 6.45) is 4.13. The molecule has 1 amide bonds. The van der Waals surface area contributed by atoms with E-state index < -0.39 is 11.6 Å². The Kier molecular flexibility index (Phi) is 6.17. The number of carbonyl (C=O) groups is 2. The fourth-order valence-electron chi connectivity index (χ4n) is 2.50. The van der Waals surface area contributed by atoms with Crippen LogP contribution in [0.25, 0.3) is 0 Å². The Hall–Kier alpha value is -2.38. The minimum Gasteiger partial charge on any atom is -0.462 e. The van der Waals surface area contributed by atoms with Crippen molar-refractivity contribution in [1.82, 2.24) is 15.3 Å². The molecule has 1 fully saturated rings. The number of aromatic nitrogens is 2. The van der Waals surface area contributed by atoms with Crippen LogP contribution in [0.5, 0.6) is 0 Å². The maximum Gasteiger partial charge on any atom is 0.407 e. The SMILES string of the molecule is CCOC(=O)c1cnc(N2CCC(NC(=O)OC(C)(C)C)CC2)nc1. The minimum atomic E-state index is -0.501. The van der Waals surface area contributed by atoms with Crippen LogP contribution in [0.15, 0.2) is 12.4 Å². The van der Waals surface area contributed by atoms with Gasteiger partial charge in [-0.25, -0.2) is 19.6 Å². The van der Waals surface area contributed by atoms with E-state index in [2.05, 4.69) is 15.3 Å². The first kappa shape index (κ1) is 19.0. The molecule has 0 spiro atoms. The topological polar surface area (TPSA) is 93.7 Å². The molecule has 25 heavy (non-hydrogen) atoms. The number of hydrogen-bond acceptors (Lipinski definition) is 7. The molecule has 2 heterocycles. The van der Waals surface area contributed by atoms with Crippen LogP contribution in [0.1, 0.15) is 50.9 Å². The Morgan fingerprint density at radius 2 is 1.84 bits per heavy atom. The molecule has 2 rings (SSSR count). The van der Waals surface area contributed by atoms with Crippen molar-refractivity contribution in [2.75, 3.05) is 24.6 Å². The van der Waals surface area contributed by atoms with Gasteiger partial charge in [0.25, 0.3) is 0 Å². The number of carbonyl (C=O) groups excluding carboxylic acids is 2. The number of esters is 1. The van der Waals surface area contributed by atoms with Gasteiger partial charge < -0.3 is 19.7 Å². The summed E-state index contributed by atoms with van der Waals surface area (Å²) in [5.74, 6) is 0.151. The number of hydrogen-bond donors (Lipinski definition) is 1. The van der Waals surface area contributed by atoms with Crippen LogP contribution in [-0.2, 0) is 9.47 Å². The fourth-order valence-corrected chi connectivity index (χ4v) is 2.50. The number of nitrogens with zero attached hydrogens (tertiary/aromatic N) is 3. The predicted molar refractivity (Wildman–Crippen MR) is 92.6 cm³/mol. The predicted octanol–water partition coefficient (Wildman–Crippen LogP) is 2.15. The van der Waals surface area contributed by atoms with Gasteiger partial charge in [0.05, 0.1) is 12.2 Å². The molecular formula is C17H26N4O4. The van der Waals surface area contributed by atoms with Crippen molar-refractivity contribution >= 4 is 18.0 Å². The number of alkyl carbamates (subject to hydrolysis) is 1. The third-order valence-electron chi connectivity index (χ3n) is 3.65. The average Bonchev–Trinajstić information content (AvgIpc) is 2.54. The Morgan fingerprint density at radius 3 is 2.36 bits per heavy atom. The van der Waals surface area contributed by atoms with E-state index >= 15 is 0 Å². The monoisotopic (exact) mass is 350 g/mol. The van der Waals surface area contributed by atoms with Crippen LogP contribution >= 0.6 is 0 Å². The first-order chi connectivity index (χ1) is 11.8. The average molecular weight is 350 g/mol.